The van der Waals surface area contributed by atoms with Gasteiger partial charge in [0.25, 0.3) is 0 Å². The van der Waals surface area contributed by atoms with Gasteiger partial charge in [-0.15, -0.1) is 11.8 Å². The number of hydrogen-bond donors (Lipinski definition) is 1. The highest BCUT2D eigenvalue weighted by atomic mass is 35.5. The van der Waals surface area contributed by atoms with Crippen LogP contribution in [0.25, 0.3) is 0 Å². The Morgan fingerprint density at radius 1 is 0.893 bits per heavy atom. The molecule has 0 atom stereocenters. The summed E-state index contributed by atoms with van der Waals surface area (Å²) in [6.07, 6.45) is 1.66. The normalized spacial score (nSPS) is 10.9. The first-order valence-corrected chi connectivity index (χ1v) is 10.9. The number of benzene rings is 3. The minimum absolute atomic E-state index is 0.168. The van der Waals surface area contributed by atoms with Gasteiger partial charge >= 0.3 is 0 Å². The molecule has 0 radical (unpaired) electrons. The van der Waals surface area contributed by atoms with Crippen molar-refractivity contribution in [3.05, 3.63) is 88.4 Å². The van der Waals surface area contributed by atoms with Crippen molar-refractivity contribution >= 4 is 58.8 Å². The van der Waals surface area contributed by atoms with Gasteiger partial charge in [0.15, 0.2) is 0 Å². The van der Waals surface area contributed by atoms with E-state index in [1.165, 1.54) is 11.8 Å². The Bertz CT molecular complexity index is 961. The molecule has 0 bridgehead atoms. The van der Waals surface area contributed by atoms with Gasteiger partial charge in [-0.1, -0.05) is 53.2 Å². The van der Waals surface area contributed by atoms with Crippen LogP contribution in [0.5, 0.6) is 0 Å². The molecule has 3 aromatic carbocycles. The van der Waals surface area contributed by atoms with Crippen LogP contribution < -0.4 is 5.43 Å². The lowest BCUT2D eigenvalue weighted by molar-refractivity contribution is -0.118. The Morgan fingerprint density at radius 3 is 2.18 bits per heavy atom. The second-order valence-corrected chi connectivity index (χ2v) is 8.67. The van der Waals surface area contributed by atoms with E-state index in [2.05, 4.69) is 10.5 Å². The first-order chi connectivity index (χ1) is 13.6. The minimum Gasteiger partial charge on any atom is -0.272 e. The predicted molar refractivity (Wildman–Crippen MR) is 120 cm³/mol. The molecule has 0 aliphatic carbocycles. The van der Waals surface area contributed by atoms with Gasteiger partial charge in [0.05, 0.1) is 12.0 Å². The summed E-state index contributed by atoms with van der Waals surface area (Å²) < 4.78 is 0. The van der Waals surface area contributed by atoms with Gasteiger partial charge in [0.2, 0.25) is 5.91 Å². The molecule has 1 amide bonds. The highest BCUT2D eigenvalue weighted by Gasteiger charge is 2.04. The van der Waals surface area contributed by atoms with E-state index in [1.807, 2.05) is 60.7 Å². The average molecular weight is 447 g/mol. The molecule has 0 aliphatic rings. The number of nitrogens with zero attached hydrogens (tertiary/aromatic N) is 1. The van der Waals surface area contributed by atoms with E-state index >= 15 is 0 Å². The zero-order chi connectivity index (χ0) is 19.8. The third-order valence-corrected chi connectivity index (χ3v) is 6.15. The molecular weight excluding hydrogens is 431 g/mol. The second-order valence-electron chi connectivity index (χ2n) is 5.63. The largest absolute Gasteiger partial charge is 0.272 e. The van der Waals surface area contributed by atoms with E-state index < -0.39 is 0 Å². The molecule has 1 N–H and O–H groups in total. The fourth-order valence-corrected chi connectivity index (χ4v) is 4.05. The van der Waals surface area contributed by atoms with E-state index in [9.17, 15) is 4.79 Å². The topological polar surface area (TPSA) is 41.5 Å². The van der Waals surface area contributed by atoms with E-state index in [1.54, 1.807) is 30.1 Å². The molecule has 0 saturated heterocycles. The molecule has 0 heterocycles. The number of amides is 1. The van der Waals surface area contributed by atoms with Crippen molar-refractivity contribution in [1.29, 1.82) is 0 Å². The lowest BCUT2D eigenvalue weighted by atomic mass is 10.2. The smallest absolute Gasteiger partial charge is 0.250 e. The quantitative estimate of drug-likeness (QED) is 0.259. The van der Waals surface area contributed by atoms with Crippen LogP contribution in [-0.2, 0) is 4.79 Å². The molecule has 3 rings (SSSR count). The van der Waals surface area contributed by atoms with E-state index in [0.29, 0.717) is 10.0 Å². The first-order valence-electron chi connectivity index (χ1n) is 8.33. The molecule has 0 unspecified atom stereocenters. The molecule has 0 aliphatic heterocycles. The summed E-state index contributed by atoms with van der Waals surface area (Å²) in [4.78, 5) is 15.1. The van der Waals surface area contributed by atoms with Gasteiger partial charge in [-0.05, 0) is 54.6 Å². The molecule has 7 heteroatoms. The van der Waals surface area contributed by atoms with Gasteiger partial charge in [-0.25, -0.2) is 5.43 Å². The van der Waals surface area contributed by atoms with Crippen molar-refractivity contribution < 1.29 is 4.79 Å². The summed E-state index contributed by atoms with van der Waals surface area (Å²) >= 11 is 14.8. The number of hydrazone groups is 1. The zero-order valence-corrected chi connectivity index (χ0v) is 17.8. The lowest BCUT2D eigenvalue weighted by Gasteiger charge is -2.06. The second kappa shape index (κ2) is 10.6. The monoisotopic (exact) mass is 446 g/mol. The van der Waals surface area contributed by atoms with Crippen LogP contribution >= 0.6 is 46.7 Å². The predicted octanol–water partition coefficient (Wildman–Crippen LogP) is 6.39. The highest BCUT2D eigenvalue weighted by Crippen LogP contribution is 2.30. The lowest BCUT2D eigenvalue weighted by Crippen LogP contribution is -2.19. The van der Waals surface area contributed by atoms with Gasteiger partial charge in [0.1, 0.15) is 0 Å². The Morgan fingerprint density at radius 2 is 1.50 bits per heavy atom. The maximum absolute atomic E-state index is 12.0. The van der Waals surface area contributed by atoms with Gasteiger partial charge in [-0.2, -0.15) is 5.10 Å². The summed E-state index contributed by atoms with van der Waals surface area (Å²) in [6, 6.07) is 22.9. The van der Waals surface area contributed by atoms with E-state index in [4.69, 9.17) is 23.2 Å². The average Bonchev–Trinajstić information content (AvgIpc) is 2.70. The van der Waals surface area contributed by atoms with Gasteiger partial charge in [-0.3, -0.25) is 4.79 Å². The van der Waals surface area contributed by atoms with Crippen molar-refractivity contribution in [1.82, 2.24) is 5.43 Å². The molecule has 142 valence electrons. The van der Waals surface area contributed by atoms with Crippen LogP contribution in [0, 0.1) is 0 Å². The number of nitrogens with one attached hydrogen (secondary N) is 1. The van der Waals surface area contributed by atoms with E-state index in [-0.39, 0.29) is 11.7 Å². The Labute approximate surface area is 182 Å². The summed E-state index contributed by atoms with van der Waals surface area (Å²) in [5.41, 5.74) is 3.49. The van der Waals surface area contributed by atoms with Gasteiger partial charge < -0.3 is 0 Å². The molecule has 3 nitrogen and oxygen atoms in total. The summed E-state index contributed by atoms with van der Waals surface area (Å²) in [6.45, 7) is 0. The van der Waals surface area contributed by atoms with Crippen LogP contribution in [-0.4, -0.2) is 17.9 Å². The number of halogens is 2. The van der Waals surface area contributed by atoms with Gasteiger partial charge in [0, 0.05) is 30.3 Å². The van der Waals surface area contributed by atoms with Crippen molar-refractivity contribution in [2.24, 2.45) is 5.10 Å². The standard InChI is InChI=1S/C21H16Cl2N2OS2/c22-16-5-9-18(10-6-16)27-14-21(26)25-24-13-15-3-1-2-4-20(15)28-19-11-7-17(23)8-12-19/h1-13H,14H2,(H,25,26)/b24-13+. The molecule has 0 aromatic heterocycles. The van der Waals surface area contributed by atoms with Crippen molar-refractivity contribution in [2.45, 2.75) is 14.7 Å². The summed E-state index contributed by atoms with van der Waals surface area (Å²) in [5, 5.41) is 5.47. The molecule has 28 heavy (non-hydrogen) atoms. The summed E-state index contributed by atoms with van der Waals surface area (Å²) in [7, 11) is 0. The number of hydrogen-bond acceptors (Lipinski definition) is 4. The SMILES string of the molecule is O=C(CSc1ccc(Cl)cc1)N/N=C/c1ccccc1Sc1ccc(Cl)cc1. The molecular formula is C21H16Cl2N2OS2. The Hall–Kier alpha value is -1.92. The Kier molecular flexibility index (Phi) is 7.86. The minimum atomic E-state index is -0.168. The fourth-order valence-electron chi connectivity index (χ4n) is 2.20. The molecule has 0 saturated carbocycles. The maximum atomic E-state index is 12.0. The van der Waals surface area contributed by atoms with Crippen LogP contribution in [0.2, 0.25) is 10.0 Å². The van der Waals surface area contributed by atoms with Crippen molar-refractivity contribution in [2.75, 3.05) is 5.75 Å². The zero-order valence-electron chi connectivity index (χ0n) is 14.6. The third-order valence-electron chi connectivity index (χ3n) is 3.54. The van der Waals surface area contributed by atoms with Crippen LogP contribution in [0.1, 0.15) is 5.56 Å². The maximum Gasteiger partial charge on any atom is 0.250 e. The number of carbonyl (C=O) groups is 1. The molecule has 0 spiro atoms. The van der Waals surface area contributed by atoms with E-state index in [0.717, 1.165) is 20.2 Å². The first kappa shape index (κ1) is 20.8. The van der Waals surface area contributed by atoms with Crippen LogP contribution in [0.15, 0.2) is 92.6 Å². The van der Waals surface area contributed by atoms with Crippen LogP contribution in [0.3, 0.4) is 0 Å². The number of thioether (sulfide) groups is 1. The summed E-state index contributed by atoms with van der Waals surface area (Å²) in [5.74, 6) is 0.110. The fraction of sp³-hybridized carbons (Fsp3) is 0.0476. The van der Waals surface area contributed by atoms with Crippen molar-refractivity contribution in [3.63, 3.8) is 0 Å². The highest BCUT2D eigenvalue weighted by molar-refractivity contribution is 8.00. The third kappa shape index (κ3) is 6.60. The Balaban J connectivity index is 1.55. The number of rotatable bonds is 7. The number of carbonyl (C=O) groups excluding carboxylic acids is 1. The molecule has 0 fully saturated rings. The molecule has 3 aromatic rings. The van der Waals surface area contributed by atoms with Crippen molar-refractivity contribution in [3.8, 4) is 0 Å². The van der Waals surface area contributed by atoms with Crippen LogP contribution in [0.4, 0.5) is 0 Å².